The quantitative estimate of drug-likeness (QED) is 0.907. The first kappa shape index (κ1) is 15.0. The predicted octanol–water partition coefficient (Wildman–Crippen LogP) is 2.77. The summed E-state index contributed by atoms with van der Waals surface area (Å²) in [6, 6.07) is 11.1. The summed E-state index contributed by atoms with van der Waals surface area (Å²) < 4.78 is 0. The normalized spacial score (nSPS) is 11.8. The van der Waals surface area contributed by atoms with E-state index in [0.717, 1.165) is 16.8 Å². The number of nitrogens with zero attached hydrogens (tertiary/aromatic N) is 2. The van der Waals surface area contributed by atoms with E-state index in [2.05, 4.69) is 10.3 Å². The van der Waals surface area contributed by atoms with E-state index in [4.69, 9.17) is 5.73 Å². The zero-order chi connectivity index (χ0) is 15.2. The molecule has 110 valence electrons. The molecular formula is C16H20N4O. The first-order valence-corrected chi connectivity index (χ1v) is 6.83. The SMILES string of the molecule is CC(N)c1cccc(NC(=O)N(C)Cc2cccnc2)c1. The summed E-state index contributed by atoms with van der Waals surface area (Å²) in [5.41, 5.74) is 8.56. The van der Waals surface area contributed by atoms with Crippen LogP contribution in [0.3, 0.4) is 0 Å². The molecule has 5 heteroatoms. The van der Waals surface area contributed by atoms with Crippen LogP contribution in [0.25, 0.3) is 0 Å². The van der Waals surface area contributed by atoms with Gasteiger partial charge in [0.15, 0.2) is 0 Å². The Kier molecular flexibility index (Phi) is 4.90. The molecule has 0 aliphatic heterocycles. The van der Waals surface area contributed by atoms with Gasteiger partial charge in [-0.3, -0.25) is 4.98 Å². The third-order valence-corrected chi connectivity index (χ3v) is 3.15. The second-order valence-corrected chi connectivity index (χ2v) is 5.06. The van der Waals surface area contributed by atoms with Crippen LogP contribution in [0.5, 0.6) is 0 Å². The molecule has 0 fully saturated rings. The lowest BCUT2D eigenvalue weighted by Crippen LogP contribution is -2.30. The van der Waals surface area contributed by atoms with E-state index >= 15 is 0 Å². The number of pyridine rings is 1. The molecule has 0 aliphatic carbocycles. The van der Waals surface area contributed by atoms with Crippen LogP contribution in [-0.2, 0) is 6.54 Å². The van der Waals surface area contributed by atoms with E-state index in [1.54, 1.807) is 24.3 Å². The van der Waals surface area contributed by atoms with Gasteiger partial charge in [0.2, 0.25) is 0 Å². The highest BCUT2D eigenvalue weighted by Crippen LogP contribution is 2.16. The Morgan fingerprint density at radius 3 is 2.86 bits per heavy atom. The van der Waals surface area contributed by atoms with Gasteiger partial charge in [0.05, 0.1) is 0 Å². The second-order valence-electron chi connectivity index (χ2n) is 5.06. The molecule has 1 unspecified atom stereocenters. The van der Waals surface area contributed by atoms with Gasteiger partial charge in [-0.05, 0) is 36.2 Å². The largest absolute Gasteiger partial charge is 0.324 e. The van der Waals surface area contributed by atoms with Crippen LogP contribution in [0.4, 0.5) is 10.5 Å². The Balaban J connectivity index is 1.99. The molecule has 21 heavy (non-hydrogen) atoms. The number of hydrogen-bond acceptors (Lipinski definition) is 3. The van der Waals surface area contributed by atoms with Gasteiger partial charge >= 0.3 is 6.03 Å². The highest BCUT2D eigenvalue weighted by molar-refractivity contribution is 5.89. The minimum atomic E-state index is -0.166. The average Bonchev–Trinajstić information content (AvgIpc) is 2.48. The Bertz CT molecular complexity index is 598. The number of amides is 2. The Morgan fingerprint density at radius 1 is 1.38 bits per heavy atom. The number of anilines is 1. The summed E-state index contributed by atoms with van der Waals surface area (Å²) in [5.74, 6) is 0. The van der Waals surface area contributed by atoms with Gasteiger partial charge in [-0.2, -0.15) is 0 Å². The maximum Gasteiger partial charge on any atom is 0.321 e. The van der Waals surface area contributed by atoms with Gasteiger partial charge in [-0.1, -0.05) is 18.2 Å². The zero-order valence-electron chi connectivity index (χ0n) is 12.3. The summed E-state index contributed by atoms with van der Waals surface area (Å²) in [4.78, 5) is 17.8. The van der Waals surface area contributed by atoms with Crippen molar-refractivity contribution in [2.45, 2.75) is 19.5 Å². The molecule has 0 spiro atoms. The van der Waals surface area contributed by atoms with Gasteiger partial charge in [0.1, 0.15) is 0 Å². The summed E-state index contributed by atoms with van der Waals surface area (Å²) in [6.45, 7) is 2.42. The monoisotopic (exact) mass is 284 g/mol. The molecule has 1 atom stereocenters. The smallest absolute Gasteiger partial charge is 0.321 e. The van der Waals surface area contributed by atoms with Crippen molar-refractivity contribution in [2.75, 3.05) is 12.4 Å². The molecule has 0 aliphatic rings. The van der Waals surface area contributed by atoms with Crippen molar-refractivity contribution in [3.63, 3.8) is 0 Å². The minimum absolute atomic E-state index is 0.0602. The predicted molar refractivity (Wildman–Crippen MR) is 83.8 cm³/mol. The van der Waals surface area contributed by atoms with Crippen molar-refractivity contribution in [3.8, 4) is 0 Å². The highest BCUT2D eigenvalue weighted by Gasteiger charge is 2.10. The molecular weight excluding hydrogens is 264 g/mol. The summed E-state index contributed by atoms with van der Waals surface area (Å²) in [5, 5.41) is 2.87. The number of rotatable bonds is 4. The van der Waals surface area contributed by atoms with Crippen LogP contribution in [0, 0.1) is 0 Å². The van der Waals surface area contributed by atoms with Gasteiger partial charge in [0.25, 0.3) is 0 Å². The molecule has 0 saturated heterocycles. The standard InChI is InChI=1S/C16H20N4O/c1-12(17)14-6-3-7-15(9-14)19-16(21)20(2)11-13-5-4-8-18-10-13/h3-10,12H,11,17H2,1-2H3,(H,19,21). The van der Waals surface area contributed by atoms with Crippen molar-refractivity contribution >= 4 is 11.7 Å². The van der Waals surface area contributed by atoms with Gasteiger partial charge in [-0.15, -0.1) is 0 Å². The summed E-state index contributed by atoms with van der Waals surface area (Å²) >= 11 is 0. The molecule has 0 radical (unpaired) electrons. The number of nitrogens with two attached hydrogens (primary N) is 1. The number of aromatic nitrogens is 1. The summed E-state index contributed by atoms with van der Waals surface area (Å²) in [7, 11) is 1.75. The van der Waals surface area contributed by atoms with E-state index in [0.29, 0.717) is 6.54 Å². The highest BCUT2D eigenvalue weighted by atomic mass is 16.2. The molecule has 1 heterocycles. The van der Waals surface area contributed by atoms with E-state index in [1.165, 1.54) is 0 Å². The zero-order valence-corrected chi connectivity index (χ0v) is 12.3. The molecule has 5 nitrogen and oxygen atoms in total. The fraction of sp³-hybridized carbons (Fsp3) is 0.250. The number of carbonyl (C=O) groups excluding carboxylic acids is 1. The number of benzene rings is 1. The van der Waals surface area contributed by atoms with Crippen LogP contribution < -0.4 is 11.1 Å². The third-order valence-electron chi connectivity index (χ3n) is 3.15. The first-order chi connectivity index (χ1) is 10.1. The fourth-order valence-corrected chi connectivity index (χ4v) is 1.96. The second kappa shape index (κ2) is 6.85. The topological polar surface area (TPSA) is 71.2 Å². The lowest BCUT2D eigenvalue weighted by atomic mass is 10.1. The minimum Gasteiger partial charge on any atom is -0.324 e. The molecule has 2 amide bonds. The van der Waals surface area contributed by atoms with Gasteiger partial charge in [0, 0.05) is 37.7 Å². The van der Waals surface area contributed by atoms with Crippen molar-refractivity contribution in [1.82, 2.24) is 9.88 Å². The molecule has 0 bridgehead atoms. The first-order valence-electron chi connectivity index (χ1n) is 6.83. The van der Waals surface area contributed by atoms with Crippen molar-refractivity contribution in [2.24, 2.45) is 5.73 Å². The molecule has 0 saturated carbocycles. The molecule has 3 N–H and O–H groups in total. The fourth-order valence-electron chi connectivity index (χ4n) is 1.96. The Morgan fingerprint density at radius 2 is 2.19 bits per heavy atom. The lowest BCUT2D eigenvalue weighted by molar-refractivity contribution is 0.220. The maximum atomic E-state index is 12.2. The number of hydrogen-bond donors (Lipinski definition) is 2. The molecule has 2 rings (SSSR count). The maximum absolute atomic E-state index is 12.2. The van der Waals surface area contributed by atoms with Gasteiger partial charge in [-0.25, -0.2) is 4.79 Å². The Hall–Kier alpha value is -2.40. The van der Waals surface area contributed by atoms with Crippen molar-refractivity contribution < 1.29 is 4.79 Å². The van der Waals surface area contributed by atoms with E-state index in [1.807, 2.05) is 43.3 Å². The number of carbonyl (C=O) groups is 1. The van der Waals surface area contributed by atoms with Crippen LogP contribution in [0.2, 0.25) is 0 Å². The summed E-state index contributed by atoms with van der Waals surface area (Å²) in [6.07, 6.45) is 3.46. The molecule has 1 aromatic heterocycles. The average molecular weight is 284 g/mol. The molecule has 1 aromatic carbocycles. The van der Waals surface area contributed by atoms with Crippen LogP contribution in [0.1, 0.15) is 24.1 Å². The van der Waals surface area contributed by atoms with Crippen LogP contribution >= 0.6 is 0 Å². The third kappa shape index (κ3) is 4.29. The lowest BCUT2D eigenvalue weighted by Gasteiger charge is -2.18. The van der Waals surface area contributed by atoms with E-state index in [9.17, 15) is 4.79 Å². The number of nitrogens with one attached hydrogen (secondary N) is 1. The van der Waals surface area contributed by atoms with Crippen molar-refractivity contribution in [1.29, 1.82) is 0 Å². The Labute approximate surface area is 124 Å². The van der Waals surface area contributed by atoms with Crippen LogP contribution in [0.15, 0.2) is 48.8 Å². The van der Waals surface area contributed by atoms with E-state index in [-0.39, 0.29) is 12.1 Å². The number of urea groups is 1. The molecule has 2 aromatic rings. The van der Waals surface area contributed by atoms with E-state index < -0.39 is 0 Å². The van der Waals surface area contributed by atoms with Crippen molar-refractivity contribution in [3.05, 3.63) is 59.9 Å². The van der Waals surface area contributed by atoms with Crippen LogP contribution in [-0.4, -0.2) is 23.0 Å². The van der Waals surface area contributed by atoms with Gasteiger partial charge < -0.3 is 16.0 Å².